The van der Waals surface area contributed by atoms with Gasteiger partial charge in [-0.3, -0.25) is 4.79 Å². The van der Waals surface area contributed by atoms with Gasteiger partial charge in [-0.05, 0) is 88.6 Å². The standard InChI is InChI=1S/C25H24BrN3O/c1-15-11-19(17(3)28(15)23-9-10-23)13-20(14-27)25(30)24-12-16(2)29(18(24)4)22-7-5-21(26)6-8-22/h5-8,11-13,23H,9-10H2,1-4H3/b20-13+. The fourth-order valence-corrected chi connectivity index (χ4v) is 4.54. The molecule has 30 heavy (non-hydrogen) atoms. The molecule has 1 saturated carbocycles. The van der Waals surface area contributed by atoms with Crippen LogP contribution in [-0.2, 0) is 0 Å². The molecule has 5 heteroatoms. The van der Waals surface area contributed by atoms with Crippen LogP contribution in [0.1, 0.15) is 57.6 Å². The number of aryl methyl sites for hydroxylation is 2. The van der Waals surface area contributed by atoms with E-state index in [2.05, 4.69) is 46.5 Å². The van der Waals surface area contributed by atoms with Crippen molar-refractivity contribution in [3.05, 3.63) is 80.3 Å². The lowest BCUT2D eigenvalue weighted by atomic mass is 10.0. The number of carbonyl (C=O) groups is 1. The highest BCUT2D eigenvalue weighted by Crippen LogP contribution is 2.38. The Morgan fingerprint density at radius 3 is 2.33 bits per heavy atom. The average molecular weight is 462 g/mol. The van der Waals surface area contributed by atoms with E-state index in [0.29, 0.717) is 11.6 Å². The number of nitriles is 1. The van der Waals surface area contributed by atoms with Crippen LogP contribution in [-0.4, -0.2) is 14.9 Å². The van der Waals surface area contributed by atoms with Gasteiger partial charge in [0.2, 0.25) is 5.78 Å². The predicted molar refractivity (Wildman–Crippen MR) is 123 cm³/mol. The molecule has 0 spiro atoms. The highest BCUT2D eigenvalue weighted by Gasteiger charge is 2.27. The number of nitrogens with zero attached hydrogens (tertiary/aromatic N) is 3. The van der Waals surface area contributed by atoms with Crippen LogP contribution < -0.4 is 0 Å². The van der Waals surface area contributed by atoms with Crippen LogP contribution in [0.25, 0.3) is 11.8 Å². The summed E-state index contributed by atoms with van der Waals surface area (Å²) in [4.78, 5) is 13.3. The summed E-state index contributed by atoms with van der Waals surface area (Å²) in [6.07, 6.45) is 4.15. The quantitative estimate of drug-likeness (QED) is 0.250. The minimum atomic E-state index is -0.231. The Morgan fingerprint density at radius 2 is 1.73 bits per heavy atom. The number of benzene rings is 1. The van der Waals surface area contributed by atoms with Gasteiger partial charge in [0.25, 0.3) is 0 Å². The molecule has 1 fully saturated rings. The number of hydrogen-bond donors (Lipinski definition) is 0. The molecular weight excluding hydrogens is 438 g/mol. The largest absolute Gasteiger partial charge is 0.346 e. The number of rotatable bonds is 5. The number of carbonyl (C=O) groups excluding carboxylic acids is 1. The Bertz CT molecular complexity index is 1210. The summed E-state index contributed by atoms with van der Waals surface area (Å²) >= 11 is 3.46. The van der Waals surface area contributed by atoms with Gasteiger partial charge in [-0.25, -0.2) is 0 Å². The Balaban J connectivity index is 1.73. The van der Waals surface area contributed by atoms with E-state index in [9.17, 15) is 10.1 Å². The molecule has 1 aliphatic rings. The third-order valence-electron chi connectivity index (χ3n) is 5.86. The van der Waals surface area contributed by atoms with Crippen molar-refractivity contribution in [2.24, 2.45) is 0 Å². The van der Waals surface area contributed by atoms with Gasteiger partial charge >= 0.3 is 0 Å². The summed E-state index contributed by atoms with van der Waals surface area (Å²) in [6.45, 7) is 8.06. The van der Waals surface area contributed by atoms with Gasteiger partial charge in [-0.15, -0.1) is 0 Å². The van der Waals surface area contributed by atoms with Crippen molar-refractivity contribution in [1.29, 1.82) is 5.26 Å². The van der Waals surface area contributed by atoms with Crippen LogP contribution >= 0.6 is 15.9 Å². The molecule has 3 aromatic rings. The van der Waals surface area contributed by atoms with Crippen molar-refractivity contribution >= 4 is 27.8 Å². The molecule has 4 nitrogen and oxygen atoms in total. The Labute approximate surface area is 185 Å². The van der Waals surface area contributed by atoms with E-state index in [1.54, 1.807) is 6.08 Å². The summed E-state index contributed by atoms with van der Waals surface area (Å²) in [5.74, 6) is -0.231. The van der Waals surface area contributed by atoms with Crippen molar-refractivity contribution < 1.29 is 4.79 Å². The monoisotopic (exact) mass is 461 g/mol. The van der Waals surface area contributed by atoms with Gasteiger partial charge in [-0.1, -0.05) is 15.9 Å². The first-order valence-corrected chi connectivity index (χ1v) is 10.9. The molecule has 0 radical (unpaired) electrons. The first-order valence-electron chi connectivity index (χ1n) is 10.1. The third-order valence-corrected chi connectivity index (χ3v) is 6.39. The van der Waals surface area contributed by atoms with Crippen LogP contribution in [0.3, 0.4) is 0 Å². The van der Waals surface area contributed by atoms with Crippen molar-refractivity contribution in [1.82, 2.24) is 9.13 Å². The molecule has 0 aliphatic heterocycles. The van der Waals surface area contributed by atoms with E-state index in [1.165, 1.54) is 18.5 Å². The fourth-order valence-electron chi connectivity index (χ4n) is 4.27. The van der Waals surface area contributed by atoms with Gasteiger partial charge in [0.05, 0.1) is 0 Å². The minimum Gasteiger partial charge on any atom is -0.346 e. The van der Waals surface area contributed by atoms with E-state index in [-0.39, 0.29) is 11.4 Å². The molecule has 4 rings (SSSR count). The van der Waals surface area contributed by atoms with E-state index in [0.717, 1.165) is 32.8 Å². The number of halogens is 1. The molecule has 0 atom stereocenters. The van der Waals surface area contributed by atoms with Crippen molar-refractivity contribution in [2.75, 3.05) is 0 Å². The SMILES string of the molecule is Cc1cc(C(=O)/C(C#N)=C/c2cc(C)n(C3CC3)c2C)c(C)n1-c1ccc(Br)cc1. The smallest absolute Gasteiger partial charge is 0.205 e. The average Bonchev–Trinajstić information content (AvgIpc) is 3.44. The highest BCUT2D eigenvalue weighted by atomic mass is 79.9. The number of allylic oxidation sites excluding steroid dienone is 1. The number of hydrogen-bond acceptors (Lipinski definition) is 2. The lowest BCUT2D eigenvalue weighted by Gasteiger charge is -2.10. The summed E-state index contributed by atoms with van der Waals surface area (Å²) < 4.78 is 5.38. The van der Waals surface area contributed by atoms with E-state index in [4.69, 9.17) is 0 Å². The topological polar surface area (TPSA) is 50.7 Å². The van der Waals surface area contributed by atoms with E-state index in [1.807, 2.05) is 48.7 Å². The minimum absolute atomic E-state index is 0.169. The molecule has 0 bridgehead atoms. The van der Waals surface area contributed by atoms with Gasteiger partial charge in [0.1, 0.15) is 11.6 Å². The molecule has 0 unspecified atom stereocenters. The fraction of sp³-hybridized carbons (Fsp3) is 0.280. The first kappa shape index (κ1) is 20.4. The van der Waals surface area contributed by atoms with Crippen LogP contribution in [0.15, 0.2) is 46.4 Å². The molecule has 0 amide bonds. The Hall–Kier alpha value is -2.84. The van der Waals surface area contributed by atoms with E-state index >= 15 is 0 Å². The summed E-state index contributed by atoms with van der Waals surface area (Å²) in [7, 11) is 0. The second kappa shape index (κ2) is 7.77. The second-order valence-corrected chi connectivity index (χ2v) is 8.94. The van der Waals surface area contributed by atoms with Crippen molar-refractivity contribution in [3.8, 4) is 11.8 Å². The maximum atomic E-state index is 13.3. The third kappa shape index (κ3) is 3.57. The zero-order chi connectivity index (χ0) is 21.6. The lowest BCUT2D eigenvalue weighted by Crippen LogP contribution is -2.05. The highest BCUT2D eigenvalue weighted by molar-refractivity contribution is 9.10. The second-order valence-electron chi connectivity index (χ2n) is 8.02. The Kier molecular flexibility index (Phi) is 5.29. The molecule has 0 N–H and O–H groups in total. The maximum Gasteiger partial charge on any atom is 0.205 e. The molecule has 2 heterocycles. The molecule has 0 saturated heterocycles. The van der Waals surface area contributed by atoms with Crippen LogP contribution in [0.2, 0.25) is 0 Å². The Morgan fingerprint density at radius 1 is 1.07 bits per heavy atom. The first-order chi connectivity index (χ1) is 14.3. The molecule has 152 valence electrons. The van der Waals surface area contributed by atoms with Crippen molar-refractivity contribution in [3.63, 3.8) is 0 Å². The van der Waals surface area contributed by atoms with Gasteiger partial charge in [0, 0.05) is 44.5 Å². The molecule has 1 aromatic carbocycles. The summed E-state index contributed by atoms with van der Waals surface area (Å²) in [5.41, 5.74) is 6.78. The zero-order valence-electron chi connectivity index (χ0n) is 17.7. The van der Waals surface area contributed by atoms with Gasteiger partial charge < -0.3 is 9.13 Å². The molecule has 1 aliphatic carbocycles. The number of ketones is 1. The molecule has 2 aromatic heterocycles. The zero-order valence-corrected chi connectivity index (χ0v) is 19.2. The van der Waals surface area contributed by atoms with Gasteiger partial charge in [0.15, 0.2) is 0 Å². The number of Topliss-reactive ketones (excluding diaryl/α,β-unsaturated/α-hetero) is 1. The van der Waals surface area contributed by atoms with E-state index < -0.39 is 0 Å². The van der Waals surface area contributed by atoms with Crippen molar-refractivity contribution in [2.45, 2.75) is 46.6 Å². The van der Waals surface area contributed by atoms with Crippen LogP contribution in [0, 0.1) is 39.0 Å². The number of aromatic nitrogens is 2. The lowest BCUT2D eigenvalue weighted by molar-refractivity contribution is 0.103. The molecular formula is C25H24BrN3O. The van der Waals surface area contributed by atoms with Gasteiger partial charge in [-0.2, -0.15) is 5.26 Å². The summed E-state index contributed by atoms with van der Waals surface area (Å²) in [5, 5.41) is 9.76. The van der Waals surface area contributed by atoms with Crippen LogP contribution in [0.5, 0.6) is 0 Å². The predicted octanol–water partition coefficient (Wildman–Crippen LogP) is 6.40. The summed E-state index contributed by atoms with van der Waals surface area (Å²) in [6, 6.07) is 14.6. The maximum absolute atomic E-state index is 13.3. The normalized spacial score (nSPS) is 14.1. The van der Waals surface area contributed by atoms with Crippen LogP contribution in [0.4, 0.5) is 0 Å².